The van der Waals surface area contributed by atoms with Crippen LogP contribution in [0.2, 0.25) is 0 Å². The van der Waals surface area contributed by atoms with Crippen LogP contribution in [0.3, 0.4) is 0 Å². The molecule has 0 saturated carbocycles. The average molecular weight is 158 g/mol. The first-order valence-corrected chi connectivity index (χ1v) is 3.49. The number of nitrogens with zero attached hydrogens (tertiary/aromatic N) is 1. The second-order valence-electron chi connectivity index (χ2n) is 2.51. The zero-order valence-electron chi connectivity index (χ0n) is 6.54. The second-order valence-corrected chi connectivity index (χ2v) is 2.51. The molecule has 1 rings (SSSR count). The molecule has 0 fully saturated rings. The number of nitrogens with one attached hydrogen (secondary N) is 1. The Morgan fingerprint density at radius 2 is 2.45 bits per heavy atom. The molecule has 0 amide bonds. The fourth-order valence-corrected chi connectivity index (χ4v) is 0.728. The van der Waals surface area contributed by atoms with Crippen molar-refractivity contribution in [3.63, 3.8) is 0 Å². The van der Waals surface area contributed by atoms with E-state index in [4.69, 9.17) is 4.74 Å². The van der Waals surface area contributed by atoms with Crippen LogP contribution in [0.25, 0.3) is 0 Å². The van der Waals surface area contributed by atoms with Gasteiger partial charge in [-0.25, -0.2) is 9.38 Å². The summed E-state index contributed by atoms with van der Waals surface area (Å²) in [5, 5.41) is 2.53. The van der Waals surface area contributed by atoms with Gasteiger partial charge in [0.2, 0.25) is 6.23 Å². The van der Waals surface area contributed by atoms with E-state index in [1.165, 1.54) is 12.5 Å². The molecule has 62 valence electrons. The Labute approximate surface area is 65.0 Å². The third kappa shape index (κ3) is 2.31. The van der Waals surface area contributed by atoms with E-state index in [1.54, 1.807) is 0 Å². The third-order valence-corrected chi connectivity index (χ3v) is 1.14. The Hall–Kier alpha value is -0.900. The molecule has 0 radical (unpaired) electrons. The molecule has 0 aromatic heterocycles. The van der Waals surface area contributed by atoms with Crippen molar-refractivity contribution in [2.24, 2.45) is 4.99 Å². The van der Waals surface area contributed by atoms with Crippen LogP contribution in [0, 0.1) is 0 Å². The largest absolute Gasteiger partial charge is 0.350 e. The molecule has 4 heteroatoms. The van der Waals surface area contributed by atoms with Crippen LogP contribution in [0.1, 0.15) is 13.8 Å². The first-order chi connectivity index (χ1) is 5.20. The molecule has 11 heavy (non-hydrogen) atoms. The Balaban J connectivity index is 2.49. The van der Waals surface area contributed by atoms with Gasteiger partial charge in [0.05, 0.1) is 12.4 Å². The normalized spacial score (nSPS) is 23.3. The summed E-state index contributed by atoms with van der Waals surface area (Å²) in [6.07, 6.45) is 1.88. The van der Waals surface area contributed by atoms with Crippen LogP contribution in [0.5, 0.6) is 0 Å². The highest BCUT2D eigenvalue weighted by atomic mass is 19.1. The van der Waals surface area contributed by atoms with Crippen molar-refractivity contribution in [3.05, 3.63) is 12.0 Å². The Morgan fingerprint density at radius 1 is 1.73 bits per heavy atom. The SMILES string of the molecule is CC(C)OC1N=CNC=C1F. The lowest BCUT2D eigenvalue weighted by Gasteiger charge is -2.16. The summed E-state index contributed by atoms with van der Waals surface area (Å²) in [5.74, 6) is -0.388. The summed E-state index contributed by atoms with van der Waals surface area (Å²) in [6, 6.07) is 0. The first kappa shape index (κ1) is 8.20. The molecule has 0 aromatic carbocycles. The molecule has 1 atom stereocenters. The lowest BCUT2D eigenvalue weighted by Crippen LogP contribution is -2.23. The van der Waals surface area contributed by atoms with Gasteiger partial charge in [0.1, 0.15) is 0 Å². The molecule has 0 spiro atoms. The summed E-state index contributed by atoms with van der Waals surface area (Å²) >= 11 is 0. The molecular formula is C7H11FN2O. The fourth-order valence-electron chi connectivity index (χ4n) is 0.728. The van der Waals surface area contributed by atoms with E-state index in [0.29, 0.717) is 0 Å². The van der Waals surface area contributed by atoms with E-state index in [9.17, 15) is 4.39 Å². The van der Waals surface area contributed by atoms with Crippen molar-refractivity contribution in [2.75, 3.05) is 0 Å². The monoisotopic (exact) mass is 158 g/mol. The summed E-state index contributed by atoms with van der Waals surface area (Å²) in [6.45, 7) is 3.68. The van der Waals surface area contributed by atoms with Crippen molar-refractivity contribution < 1.29 is 9.13 Å². The van der Waals surface area contributed by atoms with E-state index in [0.717, 1.165) is 0 Å². The van der Waals surface area contributed by atoms with Gasteiger partial charge < -0.3 is 10.1 Å². The van der Waals surface area contributed by atoms with E-state index < -0.39 is 6.23 Å². The molecule has 1 aliphatic heterocycles. The topological polar surface area (TPSA) is 33.6 Å². The van der Waals surface area contributed by atoms with Crippen LogP contribution >= 0.6 is 0 Å². The standard InChI is InChI=1S/C7H11FN2O/c1-5(2)11-7-6(8)3-9-4-10-7/h3-5,7H,1-2H3,(H,9,10). The second kappa shape index (κ2) is 3.48. The van der Waals surface area contributed by atoms with E-state index in [2.05, 4.69) is 10.3 Å². The maximum atomic E-state index is 12.8. The van der Waals surface area contributed by atoms with Gasteiger partial charge in [-0.05, 0) is 13.8 Å². The van der Waals surface area contributed by atoms with Crippen molar-refractivity contribution in [2.45, 2.75) is 26.2 Å². The maximum Gasteiger partial charge on any atom is 0.203 e. The van der Waals surface area contributed by atoms with Crippen LogP contribution in [-0.4, -0.2) is 18.7 Å². The predicted molar refractivity (Wildman–Crippen MR) is 40.8 cm³/mol. The Morgan fingerprint density at radius 3 is 3.00 bits per heavy atom. The zero-order valence-corrected chi connectivity index (χ0v) is 6.54. The minimum Gasteiger partial charge on any atom is -0.350 e. The number of hydrogen-bond donors (Lipinski definition) is 1. The van der Waals surface area contributed by atoms with Crippen molar-refractivity contribution >= 4 is 6.34 Å². The number of rotatable bonds is 2. The molecule has 1 unspecified atom stereocenters. The Kier molecular flexibility index (Phi) is 2.59. The van der Waals surface area contributed by atoms with Crippen molar-refractivity contribution in [1.82, 2.24) is 5.32 Å². The number of halogens is 1. The highest BCUT2D eigenvalue weighted by Crippen LogP contribution is 2.12. The summed E-state index contributed by atoms with van der Waals surface area (Å²) in [4.78, 5) is 3.75. The quantitative estimate of drug-likeness (QED) is 0.654. The number of ether oxygens (including phenoxy) is 1. The van der Waals surface area contributed by atoms with Gasteiger partial charge in [0, 0.05) is 6.20 Å². The zero-order chi connectivity index (χ0) is 8.27. The molecule has 0 aromatic rings. The third-order valence-electron chi connectivity index (χ3n) is 1.14. The van der Waals surface area contributed by atoms with Gasteiger partial charge in [-0.2, -0.15) is 0 Å². The van der Waals surface area contributed by atoms with Crippen LogP contribution < -0.4 is 5.32 Å². The number of hydrogen-bond acceptors (Lipinski definition) is 3. The molecule has 3 nitrogen and oxygen atoms in total. The van der Waals surface area contributed by atoms with Crippen LogP contribution in [0.4, 0.5) is 4.39 Å². The molecule has 0 saturated heterocycles. The predicted octanol–water partition coefficient (Wildman–Crippen LogP) is 1.18. The van der Waals surface area contributed by atoms with Gasteiger partial charge >= 0.3 is 0 Å². The van der Waals surface area contributed by atoms with Crippen molar-refractivity contribution in [1.29, 1.82) is 0 Å². The molecule has 0 bridgehead atoms. The molecular weight excluding hydrogens is 147 g/mol. The highest BCUT2D eigenvalue weighted by molar-refractivity contribution is 5.58. The summed E-state index contributed by atoms with van der Waals surface area (Å²) < 4.78 is 17.9. The molecule has 1 N–H and O–H groups in total. The molecule has 1 aliphatic rings. The van der Waals surface area contributed by atoms with Gasteiger partial charge in [0.15, 0.2) is 5.83 Å². The van der Waals surface area contributed by atoms with Gasteiger partial charge in [-0.3, -0.25) is 0 Å². The number of aliphatic imine (C=N–C) groups is 1. The summed E-state index contributed by atoms with van der Waals surface area (Å²) in [5.41, 5.74) is 0. The average Bonchev–Trinajstić information content (AvgIpc) is 1.93. The van der Waals surface area contributed by atoms with Crippen LogP contribution in [0.15, 0.2) is 17.0 Å². The van der Waals surface area contributed by atoms with Crippen molar-refractivity contribution in [3.8, 4) is 0 Å². The Bertz CT molecular complexity index is 189. The highest BCUT2D eigenvalue weighted by Gasteiger charge is 2.16. The fraction of sp³-hybridized carbons (Fsp3) is 0.571. The lowest BCUT2D eigenvalue weighted by molar-refractivity contribution is 0.0213. The first-order valence-electron chi connectivity index (χ1n) is 3.49. The lowest BCUT2D eigenvalue weighted by atomic mass is 10.4. The molecule has 1 heterocycles. The maximum absolute atomic E-state index is 12.8. The van der Waals surface area contributed by atoms with Gasteiger partial charge in [-0.15, -0.1) is 0 Å². The van der Waals surface area contributed by atoms with Crippen LogP contribution in [-0.2, 0) is 4.74 Å². The van der Waals surface area contributed by atoms with E-state index >= 15 is 0 Å². The minimum atomic E-state index is -0.753. The van der Waals surface area contributed by atoms with E-state index in [-0.39, 0.29) is 11.9 Å². The minimum absolute atomic E-state index is 0.0191. The van der Waals surface area contributed by atoms with E-state index in [1.807, 2.05) is 13.8 Å². The van der Waals surface area contributed by atoms with Gasteiger partial charge in [0.25, 0.3) is 0 Å². The van der Waals surface area contributed by atoms with Gasteiger partial charge in [-0.1, -0.05) is 0 Å². The molecule has 0 aliphatic carbocycles. The smallest absolute Gasteiger partial charge is 0.203 e. The summed E-state index contributed by atoms with van der Waals surface area (Å²) in [7, 11) is 0.